The zero-order valence-electron chi connectivity index (χ0n) is 12.4. The van der Waals surface area contributed by atoms with E-state index < -0.39 is 17.6 Å². The van der Waals surface area contributed by atoms with Crippen LogP contribution in [0.15, 0.2) is 36.4 Å². The molecule has 0 radical (unpaired) electrons. The summed E-state index contributed by atoms with van der Waals surface area (Å²) in [5.41, 5.74) is 12.0. The summed E-state index contributed by atoms with van der Waals surface area (Å²) >= 11 is 0. The Morgan fingerprint density at radius 1 is 1.00 bits per heavy atom. The molecule has 0 aliphatic rings. The predicted molar refractivity (Wildman–Crippen MR) is 83.0 cm³/mol. The monoisotopic (exact) mass is 300 g/mol. The number of rotatable bonds is 4. The van der Waals surface area contributed by atoms with Crippen molar-refractivity contribution in [2.75, 3.05) is 0 Å². The molecular weight excluding hydrogens is 283 g/mol. The van der Waals surface area contributed by atoms with Gasteiger partial charge in [-0.1, -0.05) is 26.0 Å². The zero-order valence-corrected chi connectivity index (χ0v) is 12.4. The summed E-state index contributed by atoms with van der Waals surface area (Å²) < 4.78 is 14.3. The molecule has 0 atom stereocenters. The molecule has 0 aliphatic carbocycles. The summed E-state index contributed by atoms with van der Waals surface area (Å²) in [4.78, 5) is 23.3. The van der Waals surface area contributed by atoms with E-state index >= 15 is 0 Å². The number of halogens is 1. The van der Waals surface area contributed by atoms with Gasteiger partial charge in [-0.15, -0.1) is 0 Å². The number of benzene rings is 2. The lowest BCUT2D eigenvalue weighted by Gasteiger charge is -2.14. The molecule has 2 aromatic rings. The lowest BCUT2D eigenvalue weighted by atomic mass is 9.90. The molecule has 0 unspecified atom stereocenters. The van der Waals surface area contributed by atoms with Gasteiger partial charge < -0.3 is 11.5 Å². The van der Waals surface area contributed by atoms with E-state index in [0.717, 1.165) is 5.56 Å². The lowest BCUT2D eigenvalue weighted by Crippen LogP contribution is -2.18. The van der Waals surface area contributed by atoms with Crippen LogP contribution < -0.4 is 11.5 Å². The molecule has 4 nitrogen and oxygen atoms in total. The van der Waals surface area contributed by atoms with E-state index in [-0.39, 0.29) is 28.2 Å². The molecule has 0 aliphatic heterocycles. The van der Waals surface area contributed by atoms with Gasteiger partial charge in [-0.3, -0.25) is 9.59 Å². The molecule has 114 valence electrons. The zero-order chi connectivity index (χ0) is 16.4. The van der Waals surface area contributed by atoms with Crippen molar-refractivity contribution in [1.29, 1.82) is 0 Å². The quantitative estimate of drug-likeness (QED) is 0.909. The first-order chi connectivity index (χ1) is 10.3. The minimum Gasteiger partial charge on any atom is -0.366 e. The van der Waals surface area contributed by atoms with Crippen molar-refractivity contribution >= 4 is 11.8 Å². The van der Waals surface area contributed by atoms with Crippen LogP contribution >= 0.6 is 0 Å². The first-order valence-electron chi connectivity index (χ1n) is 6.85. The molecule has 0 heterocycles. The number of amides is 2. The topological polar surface area (TPSA) is 86.2 Å². The summed E-state index contributed by atoms with van der Waals surface area (Å²) in [5.74, 6) is -1.86. The maximum absolute atomic E-state index is 14.3. The van der Waals surface area contributed by atoms with Gasteiger partial charge in [0.15, 0.2) is 0 Å². The molecule has 2 rings (SSSR count). The van der Waals surface area contributed by atoms with Gasteiger partial charge in [-0.2, -0.15) is 0 Å². The fourth-order valence-corrected chi connectivity index (χ4v) is 2.35. The van der Waals surface area contributed by atoms with Gasteiger partial charge in [-0.05, 0) is 35.7 Å². The molecule has 5 heteroatoms. The van der Waals surface area contributed by atoms with Crippen LogP contribution in [0.4, 0.5) is 4.39 Å². The summed E-state index contributed by atoms with van der Waals surface area (Å²) in [7, 11) is 0. The highest BCUT2D eigenvalue weighted by Crippen LogP contribution is 2.32. The number of carbonyl (C=O) groups is 2. The van der Waals surface area contributed by atoms with E-state index in [1.807, 2.05) is 13.8 Å². The second kappa shape index (κ2) is 5.97. The minimum atomic E-state index is -0.743. The van der Waals surface area contributed by atoms with Gasteiger partial charge in [0.2, 0.25) is 11.8 Å². The van der Waals surface area contributed by atoms with Crippen LogP contribution in [0.3, 0.4) is 0 Å². The summed E-state index contributed by atoms with van der Waals surface area (Å²) in [6.45, 7) is 3.93. The molecule has 0 saturated heterocycles. The third-order valence-corrected chi connectivity index (χ3v) is 3.52. The highest BCUT2D eigenvalue weighted by molar-refractivity contribution is 6.08. The van der Waals surface area contributed by atoms with Gasteiger partial charge in [-0.25, -0.2) is 4.39 Å². The van der Waals surface area contributed by atoms with E-state index in [0.29, 0.717) is 0 Å². The van der Waals surface area contributed by atoms with Crippen LogP contribution in [-0.4, -0.2) is 11.8 Å². The Hall–Kier alpha value is -2.69. The van der Waals surface area contributed by atoms with Crippen LogP contribution in [0, 0.1) is 5.82 Å². The van der Waals surface area contributed by atoms with Gasteiger partial charge >= 0.3 is 0 Å². The lowest BCUT2D eigenvalue weighted by molar-refractivity contribution is 0.0999. The molecule has 0 fully saturated rings. The second-order valence-corrected chi connectivity index (χ2v) is 5.35. The van der Waals surface area contributed by atoms with Crippen molar-refractivity contribution in [3.05, 3.63) is 58.9 Å². The van der Waals surface area contributed by atoms with Gasteiger partial charge in [0.25, 0.3) is 0 Å². The Balaban J connectivity index is 2.83. The molecule has 2 amide bonds. The van der Waals surface area contributed by atoms with E-state index in [4.69, 9.17) is 11.5 Å². The van der Waals surface area contributed by atoms with Crippen molar-refractivity contribution in [2.45, 2.75) is 19.8 Å². The Bertz CT molecular complexity index is 722. The number of nitrogens with two attached hydrogens (primary N) is 2. The average Bonchev–Trinajstić information content (AvgIpc) is 2.46. The first kappa shape index (κ1) is 15.7. The molecule has 0 saturated carbocycles. The Kier molecular flexibility index (Phi) is 4.26. The Labute approximate surface area is 127 Å². The molecule has 2 aromatic carbocycles. The molecular formula is C17H17FN2O2. The fraction of sp³-hybridized carbons (Fsp3) is 0.176. The van der Waals surface area contributed by atoms with Crippen LogP contribution in [0.5, 0.6) is 0 Å². The third-order valence-electron chi connectivity index (χ3n) is 3.52. The Morgan fingerprint density at radius 3 is 2.00 bits per heavy atom. The van der Waals surface area contributed by atoms with Crippen LogP contribution in [0.2, 0.25) is 0 Å². The van der Waals surface area contributed by atoms with E-state index in [2.05, 4.69) is 0 Å². The molecule has 0 aromatic heterocycles. The number of primary amides is 2. The van der Waals surface area contributed by atoms with Crippen LogP contribution in [0.25, 0.3) is 11.1 Å². The summed E-state index contributed by atoms with van der Waals surface area (Å²) in [5, 5.41) is 0. The molecule has 0 bridgehead atoms. The first-order valence-corrected chi connectivity index (χ1v) is 6.85. The third kappa shape index (κ3) is 2.83. The number of carbonyl (C=O) groups excluding carboxylic acids is 2. The van der Waals surface area contributed by atoms with Crippen molar-refractivity contribution in [2.24, 2.45) is 11.5 Å². The van der Waals surface area contributed by atoms with Crippen molar-refractivity contribution < 1.29 is 14.0 Å². The van der Waals surface area contributed by atoms with Gasteiger partial charge in [0.1, 0.15) is 5.82 Å². The molecule has 4 N–H and O–H groups in total. The maximum Gasteiger partial charge on any atom is 0.249 e. The smallest absolute Gasteiger partial charge is 0.249 e. The van der Waals surface area contributed by atoms with Gasteiger partial charge in [0.05, 0.1) is 0 Å². The van der Waals surface area contributed by atoms with Gasteiger partial charge in [0, 0.05) is 22.3 Å². The largest absolute Gasteiger partial charge is 0.366 e. The maximum atomic E-state index is 14.3. The highest BCUT2D eigenvalue weighted by Gasteiger charge is 2.20. The minimum absolute atomic E-state index is 0.0658. The fourth-order valence-electron chi connectivity index (χ4n) is 2.35. The SMILES string of the molecule is CC(C)c1ccc(F)c(-c2c(C(N)=O)cccc2C(N)=O)c1. The average molecular weight is 300 g/mol. The molecule has 0 spiro atoms. The predicted octanol–water partition coefficient (Wildman–Crippen LogP) is 2.81. The van der Waals surface area contributed by atoms with E-state index in [1.165, 1.54) is 24.3 Å². The summed E-state index contributed by atoms with van der Waals surface area (Å²) in [6.07, 6.45) is 0. The van der Waals surface area contributed by atoms with E-state index in [9.17, 15) is 14.0 Å². The second-order valence-electron chi connectivity index (χ2n) is 5.35. The van der Waals surface area contributed by atoms with Crippen molar-refractivity contribution in [3.8, 4) is 11.1 Å². The number of hydrogen-bond acceptors (Lipinski definition) is 2. The Morgan fingerprint density at radius 2 is 1.55 bits per heavy atom. The van der Waals surface area contributed by atoms with Crippen LogP contribution in [-0.2, 0) is 0 Å². The normalized spacial score (nSPS) is 10.7. The number of hydrogen-bond donors (Lipinski definition) is 2. The van der Waals surface area contributed by atoms with E-state index in [1.54, 1.807) is 12.1 Å². The molecule has 22 heavy (non-hydrogen) atoms. The summed E-state index contributed by atoms with van der Waals surface area (Å²) in [6, 6.07) is 8.99. The van der Waals surface area contributed by atoms with Crippen LogP contribution in [0.1, 0.15) is 46.0 Å². The highest BCUT2D eigenvalue weighted by atomic mass is 19.1. The standard InChI is InChI=1S/C17H17FN2O2/c1-9(2)10-6-7-14(18)13(8-10)15-11(16(19)21)4-3-5-12(15)17(20)22/h3-9H,1-2H3,(H2,19,21)(H2,20,22). The van der Waals surface area contributed by atoms with Crippen molar-refractivity contribution in [3.63, 3.8) is 0 Å². The van der Waals surface area contributed by atoms with Crippen molar-refractivity contribution in [1.82, 2.24) is 0 Å².